The Bertz CT molecular complexity index is 205. The lowest BCUT2D eigenvalue weighted by Gasteiger charge is -1.91. The number of aromatic nitrogens is 1. The summed E-state index contributed by atoms with van der Waals surface area (Å²) in [6.45, 7) is 3.53. The molecule has 0 spiro atoms. The van der Waals surface area contributed by atoms with Gasteiger partial charge >= 0.3 is 0 Å². The first-order valence-electron chi connectivity index (χ1n) is 2.56. The molecule has 2 heteroatoms. The highest BCUT2D eigenvalue weighted by atomic mass is 35.5. The predicted octanol–water partition coefficient (Wildman–Crippen LogP) is 2.29. The molecule has 0 bridgehead atoms. The third kappa shape index (κ3) is 1.54. The molecule has 1 nitrogen and oxygen atoms in total. The molecule has 0 aliphatic rings. The fraction of sp³-hybridized carbons (Fsp3) is 0. The molecule has 1 heterocycles. The van der Waals surface area contributed by atoms with Crippen molar-refractivity contribution in [2.45, 2.75) is 0 Å². The number of hydrogen-bond donors (Lipinski definition) is 0. The van der Waals surface area contributed by atoms with Gasteiger partial charge in [-0.2, -0.15) is 0 Å². The van der Waals surface area contributed by atoms with Crippen molar-refractivity contribution in [2.24, 2.45) is 0 Å². The second kappa shape index (κ2) is 2.65. The molecule has 1 aromatic rings. The molecule has 0 unspecified atom stereocenters. The van der Waals surface area contributed by atoms with E-state index in [1.54, 1.807) is 6.20 Å². The van der Waals surface area contributed by atoms with Crippen molar-refractivity contribution in [2.75, 3.05) is 0 Å². The van der Waals surface area contributed by atoms with Crippen molar-refractivity contribution in [3.05, 3.63) is 36.7 Å². The number of pyridine rings is 1. The Morgan fingerprint density at radius 3 is 2.67 bits per heavy atom. The van der Waals surface area contributed by atoms with Crippen LogP contribution in [-0.2, 0) is 0 Å². The first kappa shape index (κ1) is 6.30. The molecule has 0 aromatic carbocycles. The lowest BCUT2D eigenvalue weighted by molar-refractivity contribution is 1.29. The van der Waals surface area contributed by atoms with Crippen molar-refractivity contribution in [1.29, 1.82) is 0 Å². The van der Waals surface area contributed by atoms with Gasteiger partial charge < -0.3 is 0 Å². The zero-order valence-electron chi connectivity index (χ0n) is 4.84. The SMILES string of the molecule is C=C(Cl)c1ccccn1. The topological polar surface area (TPSA) is 12.9 Å². The summed E-state index contributed by atoms with van der Waals surface area (Å²) < 4.78 is 0. The Kier molecular flexibility index (Phi) is 1.85. The van der Waals surface area contributed by atoms with Crippen molar-refractivity contribution < 1.29 is 0 Å². The van der Waals surface area contributed by atoms with Crippen LogP contribution in [0, 0.1) is 0 Å². The Labute approximate surface area is 59.0 Å². The molecule has 0 aliphatic carbocycles. The van der Waals surface area contributed by atoms with E-state index in [9.17, 15) is 0 Å². The van der Waals surface area contributed by atoms with Gasteiger partial charge in [0, 0.05) is 6.20 Å². The van der Waals surface area contributed by atoms with Gasteiger partial charge in [-0.3, -0.25) is 4.98 Å². The number of rotatable bonds is 1. The van der Waals surface area contributed by atoms with Crippen LogP contribution in [0.1, 0.15) is 5.69 Å². The minimum atomic E-state index is 0.482. The van der Waals surface area contributed by atoms with E-state index in [0.29, 0.717) is 5.03 Å². The molecule has 0 N–H and O–H groups in total. The van der Waals surface area contributed by atoms with Crippen molar-refractivity contribution >= 4 is 16.6 Å². The van der Waals surface area contributed by atoms with Gasteiger partial charge in [-0.15, -0.1) is 0 Å². The zero-order chi connectivity index (χ0) is 6.69. The minimum Gasteiger partial charge on any atom is -0.255 e. The average molecular weight is 140 g/mol. The van der Waals surface area contributed by atoms with E-state index in [1.165, 1.54) is 0 Å². The molecule has 0 amide bonds. The summed E-state index contributed by atoms with van der Waals surface area (Å²) in [6, 6.07) is 5.52. The first-order chi connectivity index (χ1) is 4.30. The van der Waals surface area contributed by atoms with Crippen LogP contribution in [0.15, 0.2) is 31.0 Å². The average Bonchev–Trinajstić information content (AvgIpc) is 1.90. The largest absolute Gasteiger partial charge is 0.255 e. The zero-order valence-corrected chi connectivity index (χ0v) is 5.60. The summed E-state index contributed by atoms with van der Waals surface area (Å²) in [5.74, 6) is 0. The van der Waals surface area contributed by atoms with Crippen molar-refractivity contribution in [3.8, 4) is 0 Å². The predicted molar refractivity (Wildman–Crippen MR) is 39.1 cm³/mol. The molecular formula is C7H6ClN. The van der Waals surface area contributed by atoms with Crippen LogP contribution in [0.5, 0.6) is 0 Å². The molecule has 0 saturated heterocycles. The number of halogens is 1. The molecule has 0 aliphatic heterocycles. The Morgan fingerprint density at radius 2 is 2.33 bits per heavy atom. The van der Waals surface area contributed by atoms with Crippen molar-refractivity contribution in [1.82, 2.24) is 4.98 Å². The van der Waals surface area contributed by atoms with Crippen LogP contribution in [0.2, 0.25) is 0 Å². The first-order valence-corrected chi connectivity index (χ1v) is 2.94. The van der Waals surface area contributed by atoms with Gasteiger partial charge in [0.2, 0.25) is 0 Å². The number of hydrogen-bond acceptors (Lipinski definition) is 1. The molecule has 0 saturated carbocycles. The fourth-order valence-corrected chi connectivity index (χ4v) is 0.635. The quantitative estimate of drug-likeness (QED) is 0.582. The van der Waals surface area contributed by atoms with Crippen LogP contribution < -0.4 is 0 Å². The molecule has 0 fully saturated rings. The van der Waals surface area contributed by atoms with E-state index in [0.717, 1.165) is 5.69 Å². The maximum absolute atomic E-state index is 5.55. The normalized spacial score (nSPS) is 9.00. The molecule has 1 rings (SSSR count). The molecule has 46 valence electrons. The summed E-state index contributed by atoms with van der Waals surface area (Å²) >= 11 is 5.55. The second-order valence-corrected chi connectivity index (χ2v) is 2.08. The van der Waals surface area contributed by atoms with Gasteiger partial charge in [0.25, 0.3) is 0 Å². The van der Waals surface area contributed by atoms with Crippen LogP contribution in [0.3, 0.4) is 0 Å². The Morgan fingerprint density at radius 1 is 1.56 bits per heavy atom. The highest BCUT2D eigenvalue weighted by molar-refractivity contribution is 6.47. The lowest BCUT2D eigenvalue weighted by atomic mass is 10.3. The van der Waals surface area contributed by atoms with E-state index in [4.69, 9.17) is 11.6 Å². The van der Waals surface area contributed by atoms with Crippen LogP contribution in [0.25, 0.3) is 5.03 Å². The minimum absolute atomic E-state index is 0.482. The highest BCUT2D eigenvalue weighted by Crippen LogP contribution is 2.11. The van der Waals surface area contributed by atoms with Gasteiger partial charge in [-0.1, -0.05) is 24.2 Å². The van der Waals surface area contributed by atoms with Gasteiger partial charge in [0.1, 0.15) is 0 Å². The van der Waals surface area contributed by atoms with E-state index in [-0.39, 0.29) is 0 Å². The standard InChI is InChI=1S/C7H6ClN/c1-6(8)7-4-2-3-5-9-7/h2-5H,1H2. The van der Waals surface area contributed by atoms with Crippen LogP contribution >= 0.6 is 11.6 Å². The summed E-state index contributed by atoms with van der Waals surface area (Å²) in [7, 11) is 0. The highest BCUT2D eigenvalue weighted by Gasteiger charge is 1.90. The monoisotopic (exact) mass is 139 g/mol. The fourth-order valence-electron chi connectivity index (χ4n) is 0.523. The summed E-state index contributed by atoms with van der Waals surface area (Å²) in [5.41, 5.74) is 0.735. The summed E-state index contributed by atoms with van der Waals surface area (Å²) in [4.78, 5) is 3.95. The van der Waals surface area contributed by atoms with E-state index < -0.39 is 0 Å². The number of nitrogens with zero attached hydrogens (tertiary/aromatic N) is 1. The van der Waals surface area contributed by atoms with Crippen LogP contribution in [-0.4, -0.2) is 4.98 Å². The third-order valence-corrected chi connectivity index (χ3v) is 1.14. The maximum Gasteiger partial charge on any atom is 0.0809 e. The molecule has 9 heavy (non-hydrogen) atoms. The Balaban J connectivity index is 2.98. The molecule has 0 radical (unpaired) electrons. The second-order valence-electron chi connectivity index (χ2n) is 1.62. The maximum atomic E-state index is 5.55. The summed E-state index contributed by atoms with van der Waals surface area (Å²) in [5, 5.41) is 0.482. The molecular weight excluding hydrogens is 134 g/mol. The van der Waals surface area contributed by atoms with Gasteiger partial charge in [-0.25, -0.2) is 0 Å². The van der Waals surface area contributed by atoms with E-state index in [2.05, 4.69) is 11.6 Å². The summed E-state index contributed by atoms with van der Waals surface area (Å²) in [6.07, 6.45) is 1.68. The smallest absolute Gasteiger partial charge is 0.0809 e. The van der Waals surface area contributed by atoms with E-state index >= 15 is 0 Å². The Hall–Kier alpha value is -0.820. The van der Waals surface area contributed by atoms with Gasteiger partial charge in [0.05, 0.1) is 10.7 Å². The third-order valence-electron chi connectivity index (χ3n) is 0.943. The van der Waals surface area contributed by atoms with Crippen LogP contribution in [0.4, 0.5) is 0 Å². The van der Waals surface area contributed by atoms with Gasteiger partial charge in [0.15, 0.2) is 0 Å². The lowest BCUT2D eigenvalue weighted by Crippen LogP contribution is -1.78. The molecule has 0 atom stereocenters. The molecule has 1 aromatic heterocycles. The van der Waals surface area contributed by atoms with Crippen molar-refractivity contribution in [3.63, 3.8) is 0 Å². The van der Waals surface area contributed by atoms with Gasteiger partial charge in [-0.05, 0) is 12.1 Å². The van der Waals surface area contributed by atoms with E-state index in [1.807, 2.05) is 18.2 Å².